The van der Waals surface area contributed by atoms with E-state index in [1.807, 2.05) is 6.07 Å². The monoisotopic (exact) mass is 453 g/mol. The lowest BCUT2D eigenvalue weighted by molar-refractivity contribution is -0.153. The first-order chi connectivity index (χ1) is 15.9. The highest BCUT2D eigenvalue weighted by molar-refractivity contribution is 6.05. The van der Waals surface area contributed by atoms with Crippen molar-refractivity contribution in [3.05, 3.63) is 60.0 Å². The molecular weight excluding hydrogens is 430 g/mol. The third-order valence-electron chi connectivity index (χ3n) is 5.39. The third kappa shape index (κ3) is 3.97. The number of carbonyl (C=O) groups is 2. The van der Waals surface area contributed by atoms with Gasteiger partial charge in [-0.05, 0) is 24.3 Å². The lowest BCUT2D eigenvalue weighted by Crippen LogP contribution is -2.44. The van der Waals surface area contributed by atoms with Gasteiger partial charge in [0.2, 0.25) is 0 Å². The average Bonchev–Trinajstić information content (AvgIpc) is 3.36. The van der Waals surface area contributed by atoms with Crippen molar-refractivity contribution in [1.29, 1.82) is 0 Å². The molecule has 3 aromatic rings. The van der Waals surface area contributed by atoms with Crippen molar-refractivity contribution in [2.75, 3.05) is 19.0 Å². The molecule has 1 amide bonds. The molecule has 3 N–H and O–H groups in total. The van der Waals surface area contributed by atoms with Crippen LogP contribution in [0, 0.1) is 0 Å². The molecule has 4 rings (SSSR count). The number of amides is 1. The van der Waals surface area contributed by atoms with Crippen molar-refractivity contribution in [2.45, 2.75) is 30.8 Å². The van der Waals surface area contributed by atoms with Gasteiger partial charge < -0.3 is 25.0 Å². The summed E-state index contributed by atoms with van der Waals surface area (Å²) in [7, 11) is 1.50. The molecule has 1 aliphatic rings. The molecule has 1 fully saturated rings. The van der Waals surface area contributed by atoms with Crippen LogP contribution in [-0.2, 0) is 19.9 Å². The second kappa shape index (κ2) is 9.06. The summed E-state index contributed by atoms with van der Waals surface area (Å²) in [5.41, 5.74) is -0.335. The first-order valence-electron chi connectivity index (χ1n) is 10.2. The number of hydrogen-bond acceptors (Lipinski definition) is 9. The van der Waals surface area contributed by atoms with E-state index < -0.39 is 36.5 Å². The molecule has 3 heterocycles. The van der Waals surface area contributed by atoms with Gasteiger partial charge in [-0.15, -0.1) is 0 Å². The van der Waals surface area contributed by atoms with Crippen LogP contribution in [0.15, 0.2) is 53.8 Å². The molecule has 11 heteroatoms. The maximum absolute atomic E-state index is 12.6. The van der Waals surface area contributed by atoms with E-state index in [0.717, 1.165) is 0 Å². The van der Waals surface area contributed by atoms with Gasteiger partial charge in [0.05, 0.1) is 12.3 Å². The molecule has 33 heavy (non-hydrogen) atoms. The number of aromatic nitrogens is 3. The van der Waals surface area contributed by atoms with Gasteiger partial charge in [0.1, 0.15) is 24.1 Å². The Morgan fingerprint density at radius 1 is 1.30 bits per heavy atom. The summed E-state index contributed by atoms with van der Waals surface area (Å²) in [5.74, 6) is -0.730. The molecule has 4 atom stereocenters. The number of ether oxygens (including phenoxy) is 2. The summed E-state index contributed by atoms with van der Waals surface area (Å²) in [4.78, 5) is 32.4. The molecule has 0 aliphatic carbocycles. The molecule has 0 radical (unpaired) electrons. The van der Waals surface area contributed by atoms with Gasteiger partial charge in [-0.25, -0.2) is 9.50 Å². The van der Waals surface area contributed by atoms with Gasteiger partial charge >= 0.3 is 5.97 Å². The van der Waals surface area contributed by atoms with Crippen molar-refractivity contribution in [1.82, 2.24) is 14.6 Å². The van der Waals surface area contributed by atoms with Crippen LogP contribution >= 0.6 is 0 Å². The van der Waals surface area contributed by atoms with Gasteiger partial charge in [0.15, 0.2) is 17.5 Å². The summed E-state index contributed by atoms with van der Waals surface area (Å²) in [5, 5.41) is 27.9. The van der Waals surface area contributed by atoms with E-state index in [2.05, 4.69) is 20.4 Å². The topological polar surface area (TPSA) is 148 Å². The van der Waals surface area contributed by atoms with Gasteiger partial charge in [-0.2, -0.15) is 5.10 Å². The van der Waals surface area contributed by atoms with Gasteiger partial charge in [-0.3, -0.25) is 14.6 Å². The second-order valence-corrected chi connectivity index (χ2v) is 7.48. The fourth-order valence-corrected chi connectivity index (χ4v) is 3.98. The summed E-state index contributed by atoms with van der Waals surface area (Å²) in [6, 6.07) is 12.0. The van der Waals surface area contributed by atoms with Crippen LogP contribution in [0.25, 0.3) is 5.52 Å². The predicted molar refractivity (Wildman–Crippen MR) is 117 cm³/mol. The first-order valence-corrected chi connectivity index (χ1v) is 10.2. The van der Waals surface area contributed by atoms with E-state index in [-0.39, 0.29) is 11.7 Å². The number of nitrogens with one attached hydrogen (secondary N) is 1. The Hall–Kier alpha value is -3.67. The van der Waals surface area contributed by atoms with Crippen molar-refractivity contribution in [2.24, 2.45) is 4.99 Å². The molecule has 172 valence electrons. The lowest BCUT2D eigenvalue weighted by Gasteiger charge is -2.28. The summed E-state index contributed by atoms with van der Waals surface area (Å²) in [6.45, 7) is 0.710. The van der Waals surface area contributed by atoms with E-state index in [1.54, 1.807) is 36.4 Å². The standard InChI is InChI=1S/C22H23N5O6/c1-13(29)32-18-16(10-28)33-22(11-23-2,19(18)30)17-9-8-15-20(24-12-25-27(15)17)26-21(31)14-6-4-3-5-7-14/h3-9,11-12,16,18-19,28,30H,10H2,1-2H3,(H,24,25,26,31)/b23-11-/t16-,18-,19-,22+/m1/s1. The van der Waals surface area contributed by atoms with Crippen LogP contribution in [0.5, 0.6) is 0 Å². The normalized spacial score (nSPS) is 24.9. The molecular formula is C22H23N5O6. The zero-order valence-corrected chi connectivity index (χ0v) is 18.0. The molecule has 0 bridgehead atoms. The molecule has 2 aromatic heterocycles. The quantitative estimate of drug-likeness (QED) is 0.362. The number of esters is 1. The Bertz CT molecular complexity index is 1200. The molecule has 11 nitrogen and oxygen atoms in total. The highest BCUT2D eigenvalue weighted by Gasteiger charge is 2.57. The first kappa shape index (κ1) is 22.5. The Kier molecular flexibility index (Phi) is 6.18. The van der Waals surface area contributed by atoms with Crippen LogP contribution in [0.3, 0.4) is 0 Å². The van der Waals surface area contributed by atoms with Crippen LogP contribution in [-0.4, -0.2) is 74.9 Å². The largest absolute Gasteiger partial charge is 0.457 e. The Labute approximate surface area is 188 Å². The van der Waals surface area contributed by atoms with Crippen molar-refractivity contribution >= 4 is 29.4 Å². The number of fused-ring (bicyclic) bond motifs is 1. The highest BCUT2D eigenvalue weighted by atomic mass is 16.6. The van der Waals surface area contributed by atoms with E-state index in [4.69, 9.17) is 9.47 Å². The minimum atomic E-state index is -1.58. The van der Waals surface area contributed by atoms with Crippen LogP contribution in [0.4, 0.5) is 5.82 Å². The molecule has 1 aromatic carbocycles. The minimum Gasteiger partial charge on any atom is -0.457 e. The third-order valence-corrected chi connectivity index (χ3v) is 5.39. The molecule has 1 saturated heterocycles. The summed E-state index contributed by atoms with van der Waals surface area (Å²) in [6.07, 6.45) is -0.891. The lowest BCUT2D eigenvalue weighted by atomic mass is 9.92. The molecule has 0 saturated carbocycles. The second-order valence-electron chi connectivity index (χ2n) is 7.48. The number of nitrogens with zero attached hydrogens (tertiary/aromatic N) is 4. The summed E-state index contributed by atoms with van der Waals surface area (Å²) < 4.78 is 12.7. The van der Waals surface area contributed by atoms with E-state index in [0.29, 0.717) is 16.8 Å². The Balaban J connectivity index is 1.76. The van der Waals surface area contributed by atoms with Crippen LogP contribution < -0.4 is 5.32 Å². The van der Waals surface area contributed by atoms with Crippen molar-refractivity contribution < 1.29 is 29.3 Å². The zero-order chi connectivity index (χ0) is 23.6. The fraction of sp³-hybridized carbons (Fsp3) is 0.318. The SMILES string of the molecule is C/N=C\[C@@]1(c2ccc3c(NC(=O)c4ccccc4)ncnn23)O[C@H](CO)[C@@H](OC(C)=O)[C@H]1O. The van der Waals surface area contributed by atoms with Crippen LogP contribution in [0.1, 0.15) is 23.0 Å². The number of aliphatic hydroxyl groups is 2. The summed E-state index contributed by atoms with van der Waals surface area (Å²) >= 11 is 0. The smallest absolute Gasteiger partial charge is 0.303 e. The maximum atomic E-state index is 12.6. The molecule has 1 aliphatic heterocycles. The van der Waals surface area contributed by atoms with Gasteiger partial charge in [0.25, 0.3) is 5.91 Å². The number of anilines is 1. The van der Waals surface area contributed by atoms with Crippen molar-refractivity contribution in [3.8, 4) is 0 Å². The highest BCUT2D eigenvalue weighted by Crippen LogP contribution is 2.41. The molecule has 0 spiro atoms. The number of hydrogen-bond donors (Lipinski definition) is 3. The van der Waals surface area contributed by atoms with Gasteiger partial charge in [0, 0.05) is 25.7 Å². The average molecular weight is 453 g/mol. The number of carbonyl (C=O) groups excluding carboxylic acids is 2. The Morgan fingerprint density at radius 2 is 2.06 bits per heavy atom. The number of benzene rings is 1. The minimum absolute atomic E-state index is 0.247. The number of aliphatic imine (C=N–C) groups is 1. The number of rotatable bonds is 6. The van der Waals surface area contributed by atoms with Crippen LogP contribution in [0.2, 0.25) is 0 Å². The van der Waals surface area contributed by atoms with Crippen molar-refractivity contribution in [3.63, 3.8) is 0 Å². The van der Waals surface area contributed by atoms with Gasteiger partial charge in [-0.1, -0.05) is 18.2 Å². The Morgan fingerprint density at radius 3 is 2.73 bits per heavy atom. The predicted octanol–water partition coefficient (Wildman–Crippen LogP) is 0.561. The van der Waals surface area contributed by atoms with E-state index in [9.17, 15) is 19.8 Å². The maximum Gasteiger partial charge on any atom is 0.303 e. The van der Waals surface area contributed by atoms with E-state index in [1.165, 1.54) is 31.0 Å². The number of aliphatic hydroxyl groups excluding tert-OH is 2. The van der Waals surface area contributed by atoms with E-state index >= 15 is 0 Å². The molecule has 0 unspecified atom stereocenters. The fourth-order valence-electron chi connectivity index (χ4n) is 3.98. The zero-order valence-electron chi connectivity index (χ0n) is 18.0.